The molecule has 0 radical (unpaired) electrons. The summed E-state index contributed by atoms with van der Waals surface area (Å²) < 4.78 is 11.5. The Morgan fingerprint density at radius 3 is 2.65 bits per heavy atom. The summed E-state index contributed by atoms with van der Waals surface area (Å²) in [6, 6.07) is 13.2. The number of fused-ring (bicyclic) bond motifs is 4. The Labute approximate surface area is 231 Å². The van der Waals surface area contributed by atoms with Gasteiger partial charge in [-0.3, -0.25) is 9.59 Å². The number of aliphatic hydroxyl groups is 1. The molecule has 1 amide bonds. The molecule has 0 aromatic heterocycles. The number of aryl methyl sites for hydroxylation is 1. The molecule has 9 nitrogen and oxygen atoms in total. The molecule has 2 aliphatic rings. The first-order valence-corrected chi connectivity index (χ1v) is 12.9. The molecule has 1 aliphatic carbocycles. The molecule has 0 unspecified atom stereocenters. The Bertz CT molecular complexity index is 1670. The molecule has 206 valence electrons. The van der Waals surface area contributed by atoms with Crippen molar-refractivity contribution in [1.82, 2.24) is 5.32 Å². The fourth-order valence-electron chi connectivity index (χ4n) is 5.37. The van der Waals surface area contributed by atoms with E-state index in [1.165, 1.54) is 19.3 Å². The number of carbonyl (C=O) groups is 2. The summed E-state index contributed by atoms with van der Waals surface area (Å²) in [5, 5.41) is 30.7. The largest absolute Gasteiger partial charge is 0.507 e. The lowest BCUT2D eigenvalue weighted by atomic mass is 9.71. The Hall–Kier alpha value is -4.79. The van der Waals surface area contributed by atoms with Crippen LogP contribution >= 0.6 is 0 Å². The summed E-state index contributed by atoms with van der Waals surface area (Å²) in [5.41, 5.74) is 0.684. The highest BCUT2D eigenvalue weighted by Gasteiger charge is 2.55. The van der Waals surface area contributed by atoms with Crippen LogP contribution < -0.4 is 14.8 Å². The highest BCUT2D eigenvalue weighted by Crippen LogP contribution is 2.56. The zero-order valence-corrected chi connectivity index (χ0v) is 22.9. The zero-order chi connectivity index (χ0) is 28.8. The van der Waals surface area contributed by atoms with Gasteiger partial charge in [0.1, 0.15) is 40.6 Å². The van der Waals surface area contributed by atoms with Crippen molar-refractivity contribution in [2.24, 2.45) is 5.16 Å². The number of nitrogens with zero attached hydrogens (tertiary/aromatic N) is 1. The second-order valence-electron chi connectivity index (χ2n) is 9.86. The predicted octanol–water partition coefficient (Wildman–Crippen LogP) is 5.13. The van der Waals surface area contributed by atoms with Crippen molar-refractivity contribution in [3.05, 3.63) is 87.9 Å². The van der Waals surface area contributed by atoms with Crippen LogP contribution in [0.5, 0.6) is 17.2 Å². The Kier molecular flexibility index (Phi) is 6.75. The molecule has 1 atom stereocenters. The molecule has 5 rings (SSSR count). The van der Waals surface area contributed by atoms with Crippen molar-refractivity contribution < 1.29 is 34.1 Å². The van der Waals surface area contributed by atoms with Gasteiger partial charge < -0.3 is 29.8 Å². The molecule has 0 bridgehead atoms. The molecule has 40 heavy (non-hydrogen) atoms. The summed E-state index contributed by atoms with van der Waals surface area (Å²) in [4.78, 5) is 32.6. The number of aromatic hydroxyl groups is 1. The SMILES string of the molecule is CCON=C(C)C1=C(O)C=C2Oc3c(C(=O)NCc4c(C)ccc5ccccc45)c(OC)cc(O)c3[C@]2(C)C1=O. The van der Waals surface area contributed by atoms with Crippen molar-refractivity contribution in [3.63, 3.8) is 0 Å². The normalized spacial score (nSPS) is 18.2. The Balaban J connectivity index is 1.57. The third kappa shape index (κ3) is 4.05. The summed E-state index contributed by atoms with van der Waals surface area (Å²) in [7, 11) is 1.37. The maximum absolute atomic E-state index is 13.8. The van der Waals surface area contributed by atoms with Crippen molar-refractivity contribution >= 4 is 28.2 Å². The van der Waals surface area contributed by atoms with Crippen molar-refractivity contribution in [2.45, 2.75) is 39.7 Å². The number of amides is 1. The van der Waals surface area contributed by atoms with E-state index in [4.69, 9.17) is 14.3 Å². The lowest BCUT2D eigenvalue weighted by Crippen LogP contribution is -2.38. The van der Waals surface area contributed by atoms with Crippen LogP contribution in [-0.2, 0) is 21.6 Å². The van der Waals surface area contributed by atoms with Crippen LogP contribution in [0.25, 0.3) is 10.8 Å². The number of rotatable bonds is 7. The van der Waals surface area contributed by atoms with Gasteiger partial charge in [-0.1, -0.05) is 41.6 Å². The van der Waals surface area contributed by atoms with Crippen LogP contribution in [0.1, 0.15) is 47.8 Å². The molecule has 0 fully saturated rings. The number of phenols is 1. The van der Waals surface area contributed by atoms with E-state index < -0.39 is 17.1 Å². The number of nitrogens with one attached hydrogen (secondary N) is 1. The van der Waals surface area contributed by atoms with Crippen LogP contribution in [-0.4, -0.2) is 41.3 Å². The zero-order valence-electron chi connectivity index (χ0n) is 22.9. The molecule has 0 spiro atoms. The van der Waals surface area contributed by atoms with Crippen LogP contribution in [0.2, 0.25) is 0 Å². The highest BCUT2D eigenvalue weighted by molar-refractivity contribution is 6.27. The average molecular weight is 543 g/mol. The maximum Gasteiger partial charge on any atom is 0.259 e. The number of oxime groups is 1. The van der Waals surface area contributed by atoms with E-state index >= 15 is 0 Å². The lowest BCUT2D eigenvalue weighted by Gasteiger charge is -2.28. The van der Waals surface area contributed by atoms with Crippen molar-refractivity contribution in [3.8, 4) is 17.2 Å². The minimum absolute atomic E-state index is 0.0143. The Morgan fingerprint density at radius 2 is 1.93 bits per heavy atom. The number of ketones is 1. The van der Waals surface area contributed by atoms with Gasteiger partial charge in [0.25, 0.3) is 5.91 Å². The minimum Gasteiger partial charge on any atom is -0.507 e. The van der Waals surface area contributed by atoms with Crippen LogP contribution in [0.15, 0.2) is 70.8 Å². The molecule has 3 aromatic carbocycles. The average Bonchev–Trinajstić information content (AvgIpc) is 3.24. The van der Waals surface area contributed by atoms with E-state index in [-0.39, 0.29) is 64.3 Å². The first-order chi connectivity index (χ1) is 19.1. The van der Waals surface area contributed by atoms with Gasteiger partial charge in [-0.15, -0.1) is 0 Å². The number of hydrogen-bond donors (Lipinski definition) is 3. The van der Waals surface area contributed by atoms with Crippen LogP contribution in [0, 0.1) is 6.92 Å². The highest BCUT2D eigenvalue weighted by atomic mass is 16.6. The van der Waals surface area contributed by atoms with Crippen LogP contribution in [0.4, 0.5) is 0 Å². The lowest BCUT2D eigenvalue weighted by molar-refractivity contribution is -0.119. The van der Waals surface area contributed by atoms with Gasteiger partial charge in [-0.05, 0) is 49.6 Å². The van der Waals surface area contributed by atoms with Gasteiger partial charge in [0.05, 0.1) is 24.0 Å². The number of hydrogen-bond acceptors (Lipinski definition) is 8. The summed E-state index contributed by atoms with van der Waals surface area (Å²) in [6.45, 7) is 7.34. The van der Waals surface area contributed by atoms with Gasteiger partial charge in [0, 0.05) is 18.7 Å². The van der Waals surface area contributed by atoms with Gasteiger partial charge >= 0.3 is 0 Å². The molecule has 3 aromatic rings. The topological polar surface area (TPSA) is 127 Å². The molecule has 3 N–H and O–H groups in total. The third-order valence-corrected chi connectivity index (χ3v) is 7.47. The predicted molar refractivity (Wildman–Crippen MR) is 150 cm³/mol. The smallest absolute Gasteiger partial charge is 0.259 e. The molecule has 0 saturated heterocycles. The van der Waals surface area contributed by atoms with E-state index in [1.807, 2.05) is 43.3 Å². The molecular weight excluding hydrogens is 512 g/mol. The van der Waals surface area contributed by atoms with Gasteiger partial charge in [-0.25, -0.2) is 0 Å². The number of ether oxygens (including phenoxy) is 2. The van der Waals surface area contributed by atoms with Gasteiger partial charge in [-0.2, -0.15) is 0 Å². The van der Waals surface area contributed by atoms with E-state index in [0.717, 1.165) is 21.9 Å². The standard InChI is InChI=1S/C31H30N2O7/c1-6-39-33-17(3)25-21(34)14-24-31(4,29(25)36)27-22(35)13-23(38-5)26(28(27)40-24)30(37)32-15-20-16(2)11-12-18-9-7-8-10-19(18)20/h7-14,34-35H,6,15H2,1-5H3,(H,32,37)/t31-/m1/s1. The summed E-state index contributed by atoms with van der Waals surface area (Å²) in [5.74, 6) is -1.57. The first-order valence-electron chi connectivity index (χ1n) is 12.9. The number of methoxy groups -OCH3 is 1. The molecule has 9 heteroatoms. The fraction of sp³-hybridized carbons (Fsp3) is 0.258. The molecular formula is C31H30N2O7. The molecule has 1 aliphatic heterocycles. The Morgan fingerprint density at radius 1 is 1.18 bits per heavy atom. The van der Waals surface area contributed by atoms with Gasteiger partial charge in [0.15, 0.2) is 11.5 Å². The van der Waals surface area contributed by atoms with E-state index in [0.29, 0.717) is 0 Å². The van der Waals surface area contributed by atoms with E-state index in [9.17, 15) is 19.8 Å². The third-order valence-electron chi connectivity index (χ3n) is 7.47. The summed E-state index contributed by atoms with van der Waals surface area (Å²) >= 11 is 0. The number of phenolic OH excluding ortho intramolecular Hbond substituents is 1. The summed E-state index contributed by atoms with van der Waals surface area (Å²) in [6.07, 6.45) is 1.30. The van der Waals surface area contributed by atoms with Gasteiger partial charge in [0.2, 0.25) is 0 Å². The second-order valence-corrected chi connectivity index (χ2v) is 9.86. The molecule has 1 heterocycles. The van der Waals surface area contributed by atoms with Crippen molar-refractivity contribution in [1.29, 1.82) is 0 Å². The van der Waals surface area contributed by atoms with Crippen LogP contribution in [0.3, 0.4) is 0 Å². The quantitative estimate of drug-likeness (QED) is 0.279. The monoisotopic (exact) mass is 542 g/mol. The minimum atomic E-state index is -1.53. The maximum atomic E-state index is 13.8. The van der Waals surface area contributed by atoms with Crippen molar-refractivity contribution in [2.75, 3.05) is 13.7 Å². The van der Waals surface area contributed by atoms with E-state index in [2.05, 4.69) is 10.5 Å². The molecule has 0 saturated carbocycles. The fourth-order valence-corrected chi connectivity index (χ4v) is 5.37. The van der Waals surface area contributed by atoms with E-state index in [1.54, 1.807) is 20.8 Å². The number of Topliss-reactive ketones (excluding diaryl/α,β-unsaturated/α-hetero) is 1. The number of benzene rings is 3. The first kappa shape index (κ1) is 26.8. The number of allylic oxidation sites excluding steroid dienone is 3. The number of aliphatic hydroxyl groups excluding tert-OH is 1. The number of carbonyl (C=O) groups excluding carboxylic acids is 2. The second kappa shape index (κ2) is 10.1.